The van der Waals surface area contributed by atoms with Crippen LogP contribution in [0.15, 0.2) is 53.6 Å². The molecule has 0 aliphatic carbocycles. The van der Waals surface area contributed by atoms with Gasteiger partial charge in [0.1, 0.15) is 18.3 Å². The number of aromatic nitrogens is 1. The highest BCUT2D eigenvalue weighted by Gasteiger charge is 2.45. The van der Waals surface area contributed by atoms with Gasteiger partial charge in [-0.2, -0.15) is 4.89 Å². The van der Waals surface area contributed by atoms with E-state index in [1.165, 1.54) is 4.90 Å². The molecule has 8 nitrogen and oxygen atoms in total. The minimum Gasteiger partial charge on any atom is -0.394 e. The Morgan fingerprint density at radius 1 is 1.06 bits per heavy atom. The SMILES string of the molecule is CSc1ccc(Cc2c[nH]c3cccc(OO[C@@H]4[C@@H](O)[C@H](O)[C@@H](CO)O[C@H]4O)c23)cc1. The van der Waals surface area contributed by atoms with Crippen LogP contribution < -0.4 is 4.89 Å². The topological polar surface area (TPSA) is 124 Å². The first-order valence-electron chi connectivity index (χ1n) is 9.87. The number of H-pyrrole nitrogens is 1. The molecule has 5 N–H and O–H groups in total. The first-order chi connectivity index (χ1) is 15.0. The Morgan fingerprint density at radius 2 is 1.84 bits per heavy atom. The van der Waals surface area contributed by atoms with E-state index in [-0.39, 0.29) is 0 Å². The molecule has 0 radical (unpaired) electrons. The van der Waals surface area contributed by atoms with Crippen molar-refractivity contribution in [3.63, 3.8) is 0 Å². The zero-order valence-electron chi connectivity index (χ0n) is 16.8. The van der Waals surface area contributed by atoms with Gasteiger partial charge in [0.05, 0.1) is 6.61 Å². The number of hydrogen-bond donors (Lipinski definition) is 5. The Morgan fingerprint density at radius 3 is 2.55 bits per heavy atom. The molecular weight excluding hydrogens is 422 g/mol. The molecule has 0 saturated carbocycles. The molecule has 5 atom stereocenters. The molecule has 0 bridgehead atoms. The largest absolute Gasteiger partial charge is 0.394 e. The average Bonchev–Trinajstić information content (AvgIpc) is 3.20. The Kier molecular flexibility index (Phi) is 6.83. The number of hydrogen-bond acceptors (Lipinski definition) is 8. The first kappa shape index (κ1) is 22.1. The fraction of sp³-hybridized carbons (Fsp3) is 0.364. The summed E-state index contributed by atoms with van der Waals surface area (Å²) in [6.07, 6.45) is -2.35. The summed E-state index contributed by atoms with van der Waals surface area (Å²) in [5.74, 6) is 0.396. The van der Waals surface area contributed by atoms with E-state index < -0.39 is 37.3 Å². The van der Waals surface area contributed by atoms with E-state index in [1.54, 1.807) is 23.9 Å². The van der Waals surface area contributed by atoms with Crippen molar-refractivity contribution in [3.8, 4) is 5.75 Å². The lowest BCUT2D eigenvalue weighted by atomic mass is 9.99. The summed E-state index contributed by atoms with van der Waals surface area (Å²) in [6.45, 7) is -0.549. The lowest BCUT2D eigenvalue weighted by Gasteiger charge is -2.38. The first-order valence-corrected chi connectivity index (χ1v) is 11.1. The molecule has 2 heterocycles. The highest BCUT2D eigenvalue weighted by molar-refractivity contribution is 7.98. The van der Waals surface area contributed by atoms with Gasteiger partial charge >= 0.3 is 0 Å². The highest BCUT2D eigenvalue weighted by Crippen LogP contribution is 2.32. The van der Waals surface area contributed by atoms with Crippen LogP contribution in [0.25, 0.3) is 10.9 Å². The standard InChI is InChI=1S/C22H25NO7S/c1-31-14-7-5-12(6-8-14)9-13-10-23-15-3-2-4-16(18(13)15)29-30-21-20(26)19(25)17(11-24)28-22(21)27/h2-8,10,17,19-27H,9,11H2,1H3/t17-,19-,20+,21-,22-/m1/s1. The summed E-state index contributed by atoms with van der Waals surface area (Å²) in [5.41, 5.74) is 2.98. The quantitative estimate of drug-likeness (QED) is 0.210. The molecule has 31 heavy (non-hydrogen) atoms. The van der Waals surface area contributed by atoms with Crippen molar-refractivity contribution in [1.82, 2.24) is 4.98 Å². The van der Waals surface area contributed by atoms with Gasteiger partial charge in [-0.3, -0.25) is 0 Å². The Hall–Kier alpha value is -2.11. The molecule has 0 unspecified atom stereocenters. The monoisotopic (exact) mass is 447 g/mol. The molecule has 1 fully saturated rings. The van der Waals surface area contributed by atoms with Gasteiger partial charge < -0.3 is 35.0 Å². The van der Waals surface area contributed by atoms with Crippen molar-refractivity contribution in [2.24, 2.45) is 0 Å². The summed E-state index contributed by atoms with van der Waals surface area (Å²) in [6, 6.07) is 13.7. The normalized spacial score (nSPS) is 26.3. The van der Waals surface area contributed by atoms with Crippen LogP contribution in [-0.4, -0.2) is 69.0 Å². The Labute approximate surface area is 183 Å². The lowest BCUT2D eigenvalue weighted by Crippen LogP contribution is -2.59. The van der Waals surface area contributed by atoms with E-state index in [1.807, 2.05) is 18.5 Å². The zero-order valence-corrected chi connectivity index (χ0v) is 17.7. The van der Waals surface area contributed by atoms with Gasteiger partial charge in [0, 0.05) is 22.0 Å². The summed E-state index contributed by atoms with van der Waals surface area (Å²) in [5, 5.41) is 40.3. The maximum Gasteiger partial charge on any atom is 0.188 e. The second kappa shape index (κ2) is 9.58. The molecule has 0 amide bonds. The molecule has 2 aromatic carbocycles. The van der Waals surface area contributed by atoms with Crippen LogP contribution in [0, 0.1) is 0 Å². The van der Waals surface area contributed by atoms with Crippen LogP contribution in [-0.2, 0) is 16.0 Å². The van der Waals surface area contributed by atoms with Gasteiger partial charge in [-0.15, -0.1) is 11.8 Å². The molecule has 4 rings (SSSR count). The van der Waals surface area contributed by atoms with Crippen molar-refractivity contribution in [3.05, 3.63) is 59.8 Å². The molecule has 9 heteroatoms. The van der Waals surface area contributed by atoms with Gasteiger partial charge in [0.15, 0.2) is 18.1 Å². The third-order valence-corrected chi connectivity index (χ3v) is 6.14. The van der Waals surface area contributed by atoms with Gasteiger partial charge in [0.2, 0.25) is 0 Å². The van der Waals surface area contributed by atoms with E-state index in [0.717, 1.165) is 22.0 Å². The van der Waals surface area contributed by atoms with Gasteiger partial charge in [-0.1, -0.05) is 18.2 Å². The molecule has 0 spiro atoms. The maximum atomic E-state index is 10.2. The number of aromatic amines is 1. The van der Waals surface area contributed by atoms with Crippen LogP contribution in [0.3, 0.4) is 0 Å². The second-order valence-corrected chi connectivity index (χ2v) is 8.27. The fourth-order valence-electron chi connectivity index (χ4n) is 3.67. The number of thioether (sulfide) groups is 1. The van der Waals surface area contributed by atoms with Gasteiger partial charge in [-0.05, 0) is 48.1 Å². The van der Waals surface area contributed by atoms with Crippen molar-refractivity contribution >= 4 is 22.7 Å². The van der Waals surface area contributed by atoms with Crippen LogP contribution in [0.2, 0.25) is 0 Å². The van der Waals surface area contributed by atoms with E-state index in [4.69, 9.17) is 14.5 Å². The average molecular weight is 448 g/mol. The minimum atomic E-state index is -1.57. The summed E-state index contributed by atoms with van der Waals surface area (Å²) < 4.78 is 5.10. The molecule has 1 aliphatic heterocycles. The van der Waals surface area contributed by atoms with Crippen LogP contribution in [0.4, 0.5) is 0 Å². The number of benzene rings is 2. The third-order valence-electron chi connectivity index (χ3n) is 5.39. The number of fused-ring (bicyclic) bond motifs is 1. The van der Waals surface area contributed by atoms with E-state index in [9.17, 15) is 20.4 Å². The van der Waals surface area contributed by atoms with Crippen molar-refractivity contribution in [2.75, 3.05) is 12.9 Å². The Balaban J connectivity index is 1.53. The number of aliphatic hydroxyl groups excluding tert-OH is 4. The maximum absolute atomic E-state index is 10.2. The van der Waals surface area contributed by atoms with E-state index in [0.29, 0.717) is 12.2 Å². The van der Waals surface area contributed by atoms with Gasteiger partial charge in [0.25, 0.3) is 0 Å². The second-order valence-electron chi connectivity index (χ2n) is 7.39. The van der Waals surface area contributed by atoms with Crippen LogP contribution in [0.5, 0.6) is 5.75 Å². The van der Waals surface area contributed by atoms with Crippen molar-refractivity contribution < 1.29 is 34.9 Å². The number of ether oxygens (including phenoxy) is 1. The zero-order chi connectivity index (χ0) is 22.0. The predicted molar refractivity (Wildman–Crippen MR) is 115 cm³/mol. The van der Waals surface area contributed by atoms with Crippen LogP contribution >= 0.6 is 11.8 Å². The van der Waals surface area contributed by atoms with E-state index in [2.05, 4.69) is 29.2 Å². The number of aliphatic hydroxyl groups is 4. The van der Waals surface area contributed by atoms with Crippen LogP contribution in [0.1, 0.15) is 11.1 Å². The highest BCUT2D eigenvalue weighted by atomic mass is 32.2. The molecular formula is C22H25NO7S. The molecule has 166 valence electrons. The Bertz CT molecular complexity index is 1010. The fourth-order valence-corrected chi connectivity index (χ4v) is 4.08. The number of nitrogens with one attached hydrogen (secondary N) is 1. The number of rotatable bonds is 7. The van der Waals surface area contributed by atoms with Gasteiger partial charge in [-0.25, -0.2) is 0 Å². The third kappa shape index (κ3) is 4.58. The summed E-state index contributed by atoms with van der Waals surface area (Å²) in [7, 11) is 0. The molecule has 1 aliphatic rings. The summed E-state index contributed by atoms with van der Waals surface area (Å²) >= 11 is 1.69. The smallest absolute Gasteiger partial charge is 0.188 e. The molecule has 1 saturated heterocycles. The predicted octanol–water partition coefficient (Wildman–Crippen LogP) is 1.59. The van der Waals surface area contributed by atoms with Crippen molar-refractivity contribution in [2.45, 2.75) is 42.0 Å². The van der Waals surface area contributed by atoms with E-state index >= 15 is 0 Å². The summed E-state index contributed by atoms with van der Waals surface area (Å²) in [4.78, 5) is 15.2. The molecule has 3 aromatic rings. The van der Waals surface area contributed by atoms with Crippen molar-refractivity contribution in [1.29, 1.82) is 0 Å². The lowest BCUT2D eigenvalue weighted by molar-refractivity contribution is -0.364. The minimum absolute atomic E-state index is 0.396. The molecule has 1 aromatic heterocycles.